The highest BCUT2D eigenvalue weighted by Gasteiger charge is 2.30. The lowest BCUT2D eigenvalue weighted by molar-refractivity contribution is 0.130. The van der Waals surface area contributed by atoms with Gasteiger partial charge >= 0.3 is 6.03 Å². The fourth-order valence-electron chi connectivity index (χ4n) is 4.08. The standard InChI is InChI=1S/C20H25N5O/c26-20(24-10-2-1-3-11-24)25-12-4-5-17(14-25)19-18(13-22-15-23-19)16-6-8-21-9-7-16/h6-9,13,15,17H,1-5,10-12,14H2/t17-/m0/s1. The number of aromatic nitrogens is 3. The van der Waals surface area contributed by atoms with E-state index >= 15 is 0 Å². The molecule has 0 aromatic carbocycles. The van der Waals surface area contributed by atoms with Crippen molar-refractivity contribution in [2.45, 2.75) is 38.0 Å². The first-order valence-electron chi connectivity index (χ1n) is 9.57. The first kappa shape index (κ1) is 16.9. The molecule has 0 spiro atoms. The van der Waals surface area contributed by atoms with Crippen LogP contribution < -0.4 is 0 Å². The Kier molecular flexibility index (Phi) is 5.09. The minimum Gasteiger partial charge on any atom is -0.325 e. The van der Waals surface area contributed by atoms with Crippen molar-refractivity contribution in [3.05, 3.63) is 42.7 Å². The van der Waals surface area contributed by atoms with Gasteiger partial charge in [0.2, 0.25) is 0 Å². The fraction of sp³-hybridized carbons (Fsp3) is 0.500. The molecule has 2 saturated heterocycles. The Morgan fingerprint density at radius 2 is 1.73 bits per heavy atom. The zero-order valence-corrected chi connectivity index (χ0v) is 15.0. The Balaban J connectivity index is 1.54. The van der Waals surface area contributed by atoms with Crippen LogP contribution >= 0.6 is 0 Å². The average molecular weight is 351 g/mol. The summed E-state index contributed by atoms with van der Waals surface area (Å²) in [5.41, 5.74) is 3.17. The van der Waals surface area contributed by atoms with Crippen molar-refractivity contribution >= 4 is 6.03 Å². The summed E-state index contributed by atoms with van der Waals surface area (Å²) in [6, 6.07) is 4.18. The first-order chi connectivity index (χ1) is 12.8. The highest BCUT2D eigenvalue weighted by atomic mass is 16.2. The summed E-state index contributed by atoms with van der Waals surface area (Å²) in [5, 5.41) is 0. The van der Waals surface area contributed by atoms with Crippen LogP contribution in [0.25, 0.3) is 11.1 Å². The predicted octanol–water partition coefficient (Wildman–Crippen LogP) is 3.32. The van der Waals surface area contributed by atoms with Crippen molar-refractivity contribution in [3.8, 4) is 11.1 Å². The van der Waals surface area contributed by atoms with Gasteiger partial charge in [0.05, 0.1) is 5.69 Å². The Morgan fingerprint density at radius 1 is 0.962 bits per heavy atom. The molecule has 2 aromatic heterocycles. The molecule has 2 aliphatic rings. The molecule has 6 nitrogen and oxygen atoms in total. The quantitative estimate of drug-likeness (QED) is 0.833. The SMILES string of the molecule is O=C(N1CCCCC1)N1CCC[C@H](c2ncncc2-c2ccncc2)C1. The third-order valence-electron chi connectivity index (χ3n) is 5.44. The van der Waals surface area contributed by atoms with Crippen LogP contribution in [0.5, 0.6) is 0 Å². The number of carbonyl (C=O) groups is 1. The van der Waals surface area contributed by atoms with Gasteiger partial charge in [-0.25, -0.2) is 14.8 Å². The van der Waals surface area contributed by atoms with Gasteiger partial charge in [-0.3, -0.25) is 4.98 Å². The van der Waals surface area contributed by atoms with E-state index in [-0.39, 0.29) is 11.9 Å². The van der Waals surface area contributed by atoms with Crippen molar-refractivity contribution < 1.29 is 4.79 Å². The summed E-state index contributed by atoms with van der Waals surface area (Å²) in [5.74, 6) is 0.253. The molecule has 2 fully saturated rings. The number of nitrogens with zero attached hydrogens (tertiary/aromatic N) is 5. The molecule has 1 atom stereocenters. The highest BCUT2D eigenvalue weighted by molar-refractivity contribution is 5.75. The van der Waals surface area contributed by atoms with Crippen molar-refractivity contribution in [3.63, 3.8) is 0 Å². The fourth-order valence-corrected chi connectivity index (χ4v) is 4.08. The molecule has 4 rings (SSSR count). The molecule has 136 valence electrons. The lowest BCUT2D eigenvalue weighted by Crippen LogP contribution is -2.48. The van der Waals surface area contributed by atoms with Gasteiger partial charge in [-0.2, -0.15) is 0 Å². The molecular weight excluding hydrogens is 326 g/mol. The van der Waals surface area contributed by atoms with E-state index in [0.29, 0.717) is 0 Å². The predicted molar refractivity (Wildman–Crippen MR) is 99.6 cm³/mol. The van der Waals surface area contributed by atoms with Gasteiger partial charge in [0.25, 0.3) is 0 Å². The van der Waals surface area contributed by atoms with Crippen molar-refractivity contribution in [2.75, 3.05) is 26.2 Å². The molecule has 0 saturated carbocycles. The molecule has 0 radical (unpaired) electrons. The molecule has 0 aliphatic carbocycles. The number of hydrogen-bond donors (Lipinski definition) is 0. The number of carbonyl (C=O) groups excluding carboxylic acids is 1. The number of piperidine rings is 2. The van der Waals surface area contributed by atoms with Crippen LogP contribution in [0.15, 0.2) is 37.1 Å². The van der Waals surface area contributed by atoms with Crippen LogP contribution in [0.3, 0.4) is 0 Å². The zero-order valence-electron chi connectivity index (χ0n) is 15.0. The van der Waals surface area contributed by atoms with Crippen LogP contribution in [-0.4, -0.2) is 57.0 Å². The van der Waals surface area contributed by atoms with Gasteiger partial charge in [-0.1, -0.05) is 0 Å². The topological polar surface area (TPSA) is 62.2 Å². The van der Waals surface area contributed by atoms with Crippen LogP contribution in [-0.2, 0) is 0 Å². The maximum Gasteiger partial charge on any atom is 0.320 e. The normalized spacial score (nSPS) is 20.8. The summed E-state index contributed by atoms with van der Waals surface area (Å²) in [6.07, 6.45) is 12.6. The summed E-state index contributed by atoms with van der Waals surface area (Å²) in [7, 11) is 0. The Morgan fingerprint density at radius 3 is 2.54 bits per heavy atom. The van der Waals surface area contributed by atoms with E-state index < -0.39 is 0 Å². The van der Waals surface area contributed by atoms with Gasteiger partial charge in [-0.15, -0.1) is 0 Å². The molecular formula is C20H25N5O. The van der Waals surface area contributed by atoms with E-state index in [1.807, 2.05) is 28.1 Å². The Hall–Kier alpha value is -2.50. The third kappa shape index (κ3) is 3.54. The van der Waals surface area contributed by atoms with Gasteiger partial charge in [0.15, 0.2) is 0 Å². The van der Waals surface area contributed by atoms with Gasteiger partial charge in [0.1, 0.15) is 6.33 Å². The lowest BCUT2D eigenvalue weighted by Gasteiger charge is -2.37. The summed E-state index contributed by atoms with van der Waals surface area (Å²) < 4.78 is 0. The molecule has 0 bridgehead atoms. The molecule has 26 heavy (non-hydrogen) atoms. The van der Waals surface area contributed by atoms with E-state index in [1.54, 1.807) is 18.7 Å². The number of amides is 2. The minimum atomic E-state index is 0.203. The molecule has 2 aliphatic heterocycles. The summed E-state index contributed by atoms with van der Waals surface area (Å²) in [4.78, 5) is 29.9. The Labute approximate surface area is 154 Å². The van der Waals surface area contributed by atoms with Gasteiger partial charge in [0, 0.05) is 56.3 Å². The van der Waals surface area contributed by atoms with Gasteiger partial charge < -0.3 is 9.80 Å². The highest BCUT2D eigenvalue weighted by Crippen LogP contribution is 2.32. The van der Waals surface area contributed by atoms with Crippen LogP contribution in [0.1, 0.15) is 43.7 Å². The maximum absolute atomic E-state index is 12.9. The average Bonchev–Trinajstić information content (AvgIpc) is 2.74. The number of likely N-dealkylation sites (tertiary alicyclic amines) is 2. The molecule has 2 amide bonds. The maximum atomic E-state index is 12.9. The Bertz CT molecular complexity index is 745. The lowest BCUT2D eigenvalue weighted by atomic mass is 9.90. The molecule has 0 N–H and O–H groups in total. The second kappa shape index (κ2) is 7.81. The van der Waals surface area contributed by atoms with Crippen molar-refractivity contribution in [1.29, 1.82) is 0 Å². The minimum absolute atomic E-state index is 0.203. The van der Waals surface area contributed by atoms with E-state index in [9.17, 15) is 4.79 Å². The molecule has 2 aromatic rings. The largest absolute Gasteiger partial charge is 0.325 e. The van der Waals surface area contributed by atoms with Crippen LogP contribution in [0, 0.1) is 0 Å². The smallest absolute Gasteiger partial charge is 0.320 e. The molecule has 0 unspecified atom stereocenters. The van der Waals surface area contributed by atoms with E-state index in [0.717, 1.165) is 68.7 Å². The number of hydrogen-bond acceptors (Lipinski definition) is 4. The molecule has 4 heterocycles. The van der Waals surface area contributed by atoms with Crippen molar-refractivity contribution in [1.82, 2.24) is 24.8 Å². The van der Waals surface area contributed by atoms with E-state index in [4.69, 9.17) is 0 Å². The second-order valence-corrected chi connectivity index (χ2v) is 7.17. The first-order valence-corrected chi connectivity index (χ1v) is 9.57. The number of urea groups is 1. The second-order valence-electron chi connectivity index (χ2n) is 7.17. The molecule has 6 heteroatoms. The number of pyridine rings is 1. The van der Waals surface area contributed by atoms with Crippen molar-refractivity contribution in [2.24, 2.45) is 0 Å². The van der Waals surface area contributed by atoms with E-state index in [2.05, 4.69) is 15.0 Å². The van der Waals surface area contributed by atoms with Crippen LogP contribution in [0.2, 0.25) is 0 Å². The number of rotatable bonds is 2. The third-order valence-corrected chi connectivity index (χ3v) is 5.44. The summed E-state index contributed by atoms with van der Waals surface area (Å²) in [6.45, 7) is 3.39. The monoisotopic (exact) mass is 351 g/mol. The zero-order chi connectivity index (χ0) is 17.8. The van der Waals surface area contributed by atoms with Gasteiger partial charge in [-0.05, 0) is 49.8 Å². The van der Waals surface area contributed by atoms with E-state index in [1.165, 1.54) is 6.42 Å². The summed E-state index contributed by atoms with van der Waals surface area (Å²) >= 11 is 0. The van der Waals surface area contributed by atoms with Crippen LogP contribution in [0.4, 0.5) is 4.79 Å².